The molecule has 4 heteroatoms. The van der Waals surface area contributed by atoms with Crippen molar-refractivity contribution in [2.24, 2.45) is 0 Å². The maximum absolute atomic E-state index is 7.62. The average Bonchev–Trinajstić information content (AvgIpc) is 1.37. The molecule has 2 N–H and O–H groups in total. The number of aliphatic hydroxyl groups excluding tert-OH is 2. The Morgan fingerprint density at radius 1 is 1.00 bits per heavy atom. The largest absolute Gasteiger partial charge is 0.394 e. The smallest absolute Gasteiger partial charge is 0.0662 e. The van der Waals surface area contributed by atoms with Gasteiger partial charge in [0.05, 0.1) is 13.2 Å². The first kappa shape index (κ1) is 15.7. The molecule has 4 radical (unpaired) electrons. The van der Waals surface area contributed by atoms with Gasteiger partial charge in [0.15, 0.2) is 0 Å². The monoisotopic (exact) mass is 334 g/mol. The van der Waals surface area contributed by atoms with Gasteiger partial charge in [-0.25, -0.2) is 0 Å². The molecule has 0 aromatic carbocycles. The minimum absolute atomic E-state index is 0. The Hall–Kier alpha value is 1.47. The Morgan fingerprint density at radius 3 is 1.17 bits per heavy atom. The van der Waals surface area contributed by atoms with Crippen LogP contribution in [0.25, 0.3) is 0 Å². The summed E-state index contributed by atoms with van der Waals surface area (Å²) in [6.07, 6.45) is 0. The van der Waals surface area contributed by atoms with Gasteiger partial charge in [0.25, 0.3) is 0 Å². The number of aliphatic hydroxyl groups is 2. The van der Waals surface area contributed by atoms with Crippen molar-refractivity contribution in [1.29, 1.82) is 0 Å². The molecule has 0 aromatic heterocycles. The summed E-state index contributed by atoms with van der Waals surface area (Å²) in [6.45, 7) is -0.250. The Labute approximate surface area is 69.9 Å². The zero-order chi connectivity index (χ0) is 3.41. The second kappa shape index (κ2) is 16.1. The van der Waals surface area contributed by atoms with Crippen molar-refractivity contribution in [2.45, 2.75) is 0 Å². The zero-order valence-electron chi connectivity index (χ0n) is 3.52. The summed E-state index contributed by atoms with van der Waals surface area (Å²) in [4.78, 5) is 0. The first-order valence-electron chi connectivity index (χ1n) is 1.13. The molecule has 0 saturated carbocycles. The Kier molecular flexibility index (Phi) is 41.9. The summed E-state index contributed by atoms with van der Waals surface area (Å²) in [7, 11) is 0. The fourth-order valence-electron chi connectivity index (χ4n) is 0. The van der Waals surface area contributed by atoms with Gasteiger partial charge in [0.2, 0.25) is 0 Å². The summed E-state index contributed by atoms with van der Waals surface area (Å²) >= 11 is 0. The van der Waals surface area contributed by atoms with Crippen LogP contribution in [0.4, 0.5) is 0 Å². The molecule has 2 nitrogen and oxygen atoms in total. The molecular weight excluding hydrogens is 329 g/mol. The van der Waals surface area contributed by atoms with Gasteiger partial charge >= 0.3 is 0 Å². The molecule has 0 aliphatic heterocycles. The zero-order valence-corrected chi connectivity index (χ0v) is 10.4. The standard InChI is InChI=1S/C2H6O2.Pb.Zn/c3-1-2-4;;/h3-4H,1-2H2;;. The van der Waals surface area contributed by atoms with E-state index in [2.05, 4.69) is 0 Å². The van der Waals surface area contributed by atoms with E-state index in [-0.39, 0.29) is 60.0 Å². The van der Waals surface area contributed by atoms with Crippen molar-refractivity contribution in [3.05, 3.63) is 0 Å². The van der Waals surface area contributed by atoms with Crippen LogP contribution in [0, 0.1) is 0 Å². The van der Waals surface area contributed by atoms with E-state index in [9.17, 15) is 0 Å². The summed E-state index contributed by atoms with van der Waals surface area (Å²) in [5.74, 6) is 0. The van der Waals surface area contributed by atoms with Gasteiger partial charge in [-0.2, -0.15) is 0 Å². The van der Waals surface area contributed by atoms with E-state index in [0.29, 0.717) is 0 Å². The van der Waals surface area contributed by atoms with Crippen LogP contribution < -0.4 is 0 Å². The average molecular weight is 335 g/mol. The van der Waals surface area contributed by atoms with E-state index in [1.165, 1.54) is 0 Å². The van der Waals surface area contributed by atoms with Crippen molar-refractivity contribution in [3.8, 4) is 0 Å². The van der Waals surface area contributed by atoms with E-state index >= 15 is 0 Å². The Bertz CT molecular complexity index is 13.5. The molecule has 6 heavy (non-hydrogen) atoms. The molecule has 0 rings (SSSR count). The van der Waals surface area contributed by atoms with Crippen molar-refractivity contribution in [1.82, 2.24) is 0 Å². The van der Waals surface area contributed by atoms with Crippen LogP contribution in [0.1, 0.15) is 0 Å². The summed E-state index contributed by atoms with van der Waals surface area (Å²) in [5.41, 5.74) is 0. The predicted octanol–water partition coefficient (Wildman–Crippen LogP) is -1.41. The molecule has 0 aromatic rings. The quantitative estimate of drug-likeness (QED) is 0.579. The molecule has 0 amide bonds. The van der Waals surface area contributed by atoms with Crippen molar-refractivity contribution in [2.75, 3.05) is 13.2 Å². The van der Waals surface area contributed by atoms with Crippen LogP contribution in [0.5, 0.6) is 0 Å². The van der Waals surface area contributed by atoms with E-state index in [1.54, 1.807) is 0 Å². The normalized spacial score (nSPS) is 5.00. The van der Waals surface area contributed by atoms with E-state index < -0.39 is 0 Å². The summed E-state index contributed by atoms with van der Waals surface area (Å²) < 4.78 is 0. The van der Waals surface area contributed by atoms with Crippen molar-refractivity contribution in [3.63, 3.8) is 0 Å². The van der Waals surface area contributed by atoms with Crippen LogP contribution in [0.15, 0.2) is 0 Å². The second-order valence-corrected chi connectivity index (χ2v) is 0.447. The summed E-state index contributed by atoms with van der Waals surface area (Å²) in [5, 5.41) is 15.2. The van der Waals surface area contributed by atoms with Gasteiger partial charge in [0.1, 0.15) is 0 Å². The first-order valence-corrected chi connectivity index (χ1v) is 1.13. The minimum Gasteiger partial charge on any atom is -0.394 e. The molecule has 0 aliphatic rings. The maximum Gasteiger partial charge on any atom is 0.0662 e. The van der Waals surface area contributed by atoms with Gasteiger partial charge in [0, 0.05) is 46.8 Å². The molecule has 0 unspecified atom stereocenters. The van der Waals surface area contributed by atoms with Crippen LogP contribution in [0.2, 0.25) is 0 Å². The molecule has 0 fully saturated rings. The molecule has 0 heterocycles. The van der Waals surface area contributed by atoms with Crippen LogP contribution in [-0.2, 0) is 19.5 Å². The maximum atomic E-state index is 7.62. The molecular formula is C2H6O2PbZn. The third kappa shape index (κ3) is 17.9. The number of hydrogen-bond acceptors (Lipinski definition) is 2. The van der Waals surface area contributed by atoms with Crippen LogP contribution >= 0.6 is 0 Å². The van der Waals surface area contributed by atoms with E-state index in [4.69, 9.17) is 10.2 Å². The van der Waals surface area contributed by atoms with E-state index in [1.807, 2.05) is 0 Å². The van der Waals surface area contributed by atoms with Crippen LogP contribution in [0.3, 0.4) is 0 Å². The van der Waals surface area contributed by atoms with Gasteiger partial charge in [-0.05, 0) is 0 Å². The predicted molar refractivity (Wildman–Crippen MR) is 19.9 cm³/mol. The number of rotatable bonds is 1. The third-order valence-corrected chi connectivity index (χ3v) is 0.1000. The molecule has 32 valence electrons. The molecule has 0 saturated heterocycles. The third-order valence-electron chi connectivity index (χ3n) is 0.1000. The van der Waals surface area contributed by atoms with E-state index in [0.717, 1.165) is 0 Å². The SMILES string of the molecule is OCCO.[Pb].[Zn]. The van der Waals surface area contributed by atoms with Crippen LogP contribution in [-0.4, -0.2) is 50.7 Å². The van der Waals surface area contributed by atoms with Gasteiger partial charge in [-0.3, -0.25) is 0 Å². The molecule has 0 spiro atoms. The Morgan fingerprint density at radius 2 is 1.17 bits per heavy atom. The number of hydrogen-bond donors (Lipinski definition) is 2. The second-order valence-electron chi connectivity index (χ2n) is 0.447. The fourth-order valence-corrected chi connectivity index (χ4v) is 0. The van der Waals surface area contributed by atoms with Gasteiger partial charge < -0.3 is 10.2 Å². The molecule has 0 bridgehead atoms. The van der Waals surface area contributed by atoms with Gasteiger partial charge in [-0.15, -0.1) is 0 Å². The molecule has 0 atom stereocenters. The van der Waals surface area contributed by atoms with Crippen molar-refractivity contribution < 1.29 is 29.7 Å². The summed E-state index contributed by atoms with van der Waals surface area (Å²) in [6, 6.07) is 0. The minimum atomic E-state index is -0.125. The van der Waals surface area contributed by atoms with Gasteiger partial charge in [-0.1, -0.05) is 0 Å². The molecule has 0 aliphatic carbocycles. The fraction of sp³-hybridized carbons (Fsp3) is 1.00. The first-order chi connectivity index (χ1) is 1.91. The Balaban J connectivity index is -0.0000000450. The topological polar surface area (TPSA) is 40.5 Å². The van der Waals surface area contributed by atoms with Crippen molar-refractivity contribution >= 4 is 27.3 Å².